The number of anilines is 1. The highest BCUT2D eigenvalue weighted by atomic mass is 79.9. The highest BCUT2D eigenvalue weighted by Gasteiger charge is 2.42. The Kier molecular flexibility index (Phi) is 5.79. The molecule has 1 aliphatic heterocycles. The van der Waals surface area contributed by atoms with Gasteiger partial charge < -0.3 is 10.6 Å². The van der Waals surface area contributed by atoms with Crippen molar-refractivity contribution in [3.63, 3.8) is 0 Å². The number of ketones is 1. The molecule has 1 unspecified atom stereocenters. The van der Waals surface area contributed by atoms with E-state index < -0.39 is 23.5 Å². The van der Waals surface area contributed by atoms with Crippen LogP contribution in [0.1, 0.15) is 45.1 Å². The zero-order chi connectivity index (χ0) is 23.2. The van der Waals surface area contributed by atoms with Gasteiger partial charge in [0.25, 0.3) is 5.91 Å². The largest absolute Gasteiger partial charge is 0.362 e. The van der Waals surface area contributed by atoms with E-state index in [0.717, 1.165) is 27.9 Å². The number of dihydropyridines is 1. The molecule has 0 saturated heterocycles. The highest BCUT2D eigenvalue weighted by Crippen LogP contribution is 2.46. The maximum atomic E-state index is 14.2. The van der Waals surface area contributed by atoms with Crippen LogP contribution in [0.2, 0.25) is 0 Å². The Labute approximate surface area is 193 Å². The Morgan fingerprint density at radius 2 is 1.81 bits per heavy atom. The van der Waals surface area contributed by atoms with Gasteiger partial charge in [0.2, 0.25) is 0 Å². The van der Waals surface area contributed by atoms with E-state index in [1.54, 1.807) is 6.92 Å². The second-order valence-corrected chi connectivity index (χ2v) is 9.98. The molecule has 4 nitrogen and oxygen atoms in total. The number of nitrogens with one attached hydrogen (secondary N) is 2. The van der Waals surface area contributed by atoms with E-state index in [9.17, 15) is 18.4 Å². The summed E-state index contributed by atoms with van der Waals surface area (Å²) >= 11 is 3.42. The smallest absolute Gasteiger partial charge is 0.254 e. The second kappa shape index (κ2) is 8.28. The van der Waals surface area contributed by atoms with Crippen LogP contribution in [0.25, 0.3) is 0 Å². The summed E-state index contributed by atoms with van der Waals surface area (Å²) in [6, 6.07) is 10.4. The first-order chi connectivity index (χ1) is 15.1. The van der Waals surface area contributed by atoms with Crippen LogP contribution in [0.3, 0.4) is 0 Å². The molecule has 1 aliphatic carbocycles. The van der Waals surface area contributed by atoms with Crippen LogP contribution in [-0.4, -0.2) is 11.7 Å². The van der Waals surface area contributed by atoms with Crippen LogP contribution in [0, 0.1) is 17.0 Å². The topological polar surface area (TPSA) is 58.2 Å². The highest BCUT2D eigenvalue weighted by molar-refractivity contribution is 9.10. The van der Waals surface area contributed by atoms with E-state index in [4.69, 9.17) is 0 Å². The molecule has 2 N–H and O–H groups in total. The van der Waals surface area contributed by atoms with Crippen molar-refractivity contribution in [2.75, 3.05) is 5.32 Å². The third-order valence-corrected chi connectivity index (χ3v) is 6.40. The number of hydrogen-bond donors (Lipinski definition) is 2. The lowest BCUT2D eigenvalue weighted by molar-refractivity contribution is -0.118. The lowest BCUT2D eigenvalue weighted by Gasteiger charge is -2.39. The van der Waals surface area contributed by atoms with E-state index in [1.807, 2.05) is 38.1 Å². The summed E-state index contributed by atoms with van der Waals surface area (Å²) in [5, 5.41) is 5.82. The van der Waals surface area contributed by atoms with E-state index in [-0.39, 0.29) is 16.9 Å². The van der Waals surface area contributed by atoms with Crippen LogP contribution in [0.4, 0.5) is 14.5 Å². The molecule has 32 heavy (non-hydrogen) atoms. The predicted molar refractivity (Wildman–Crippen MR) is 123 cm³/mol. The molecule has 2 aliphatic rings. The van der Waals surface area contributed by atoms with Gasteiger partial charge >= 0.3 is 0 Å². The Hall–Kier alpha value is -2.80. The van der Waals surface area contributed by atoms with E-state index >= 15 is 0 Å². The van der Waals surface area contributed by atoms with Crippen molar-refractivity contribution in [1.29, 1.82) is 0 Å². The lowest BCUT2D eigenvalue weighted by atomic mass is 9.68. The van der Waals surface area contributed by atoms with Crippen LogP contribution < -0.4 is 10.6 Å². The average molecular weight is 501 g/mol. The third kappa shape index (κ3) is 4.26. The van der Waals surface area contributed by atoms with Crippen LogP contribution in [-0.2, 0) is 9.59 Å². The lowest BCUT2D eigenvalue weighted by Crippen LogP contribution is -2.39. The SMILES string of the molecule is CC1=C(C(=O)Nc2ccc(F)cc2F)C(c2ccc(Br)cc2)C2=C(CC(C)(C)CC2=O)N1. The predicted octanol–water partition coefficient (Wildman–Crippen LogP) is 5.97. The Balaban J connectivity index is 1.80. The van der Waals surface area contributed by atoms with Crippen molar-refractivity contribution in [3.8, 4) is 0 Å². The van der Waals surface area contributed by atoms with Crippen LogP contribution in [0.5, 0.6) is 0 Å². The number of carbonyl (C=O) groups is 2. The standard InChI is InChI=1S/C25H23BrF2N2O2/c1-13-21(24(32)30-18-9-8-16(27)10-17(18)28)22(14-4-6-15(26)7-5-14)23-19(29-13)11-25(2,3)12-20(23)31/h4-10,22,29H,11-12H2,1-3H3,(H,30,32). The quantitative estimate of drug-likeness (QED) is 0.545. The number of hydrogen-bond acceptors (Lipinski definition) is 3. The van der Waals surface area contributed by atoms with Gasteiger partial charge in [-0.25, -0.2) is 8.78 Å². The van der Waals surface area contributed by atoms with Crippen LogP contribution >= 0.6 is 15.9 Å². The summed E-state index contributed by atoms with van der Waals surface area (Å²) in [5.41, 5.74) is 2.81. The number of amides is 1. The zero-order valence-corrected chi connectivity index (χ0v) is 19.6. The molecule has 1 amide bonds. The van der Waals surface area contributed by atoms with Gasteiger partial charge in [0.1, 0.15) is 11.6 Å². The monoisotopic (exact) mass is 500 g/mol. The van der Waals surface area contributed by atoms with Gasteiger partial charge in [-0.05, 0) is 48.6 Å². The zero-order valence-electron chi connectivity index (χ0n) is 18.0. The molecule has 0 aromatic heterocycles. The van der Waals surface area contributed by atoms with Crippen LogP contribution in [0.15, 0.2) is 69.5 Å². The molecule has 0 fully saturated rings. The van der Waals surface area contributed by atoms with Gasteiger partial charge in [0.15, 0.2) is 5.78 Å². The van der Waals surface area contributed by atoms with Crippen molar-refractivity contribution in [2.24, 2.45) is 5.41 Å². The van der Waals surface area contributed by atoms with Gasteiger partial charge in [-0.1, -0.05) is 41.9 Å². The minimum atomic E-state index is -0.865. The van der Waals surface area contributed by atoms with Gasteiger partial charge in [0, 0.05) is 45.4 Å². The molecule has 7 heteroatoms. The molecule has 0 radical (unpaired) electrons. The van der Waals surface area contributed by atoms with Gasteiger partial charge in [0.05, 0.1) is 5.69 Å². The van der Waals surface area contributed by atoms with Crippen molar-refractivity contribution in [1.82, 2.24) is 5.32 Å². The molecule has 166 valence electrons. The Morgan fingerprint density at radius 1 is 1.12 bits per heavy atom. The number of allylic oxidation sites excluding steroid dienone is 3. The number of Topliss-reactive ketones (excluding diaryl/α,β-unsaturated/α-hetero) is 1. The van der Waals surface area contributed by atoms with Gasteiger partial charge in [-0.15, -0.1) is 0 Å². The average Bonchev–Trinajstić information content (AvgIpc) is 2.68. The van der Waals surface area contributed by atoms with Crippen molar-refractivity contribution < 1.29 is 18.4 Å². The number of rotatable bonds is 3. The molecular formula is C25H23BrF2N2O2. The van der Waals surface area contributed by atoms with E-state index in [2.05, 4.69) is 26.6 Å². The molecule has 1 heterocycles. The van der Waals surface area contributed by atoms with Crippen molar-refractivity contribution >= 4 is 33.3 Å². The summed E-state index contributed by atoms with van der Waals surface area (Å²) in [6.45, 7) is 5.87. The summed E-state index contributed by atoms with van der Waals surface area (Å²) in [7, 11) is 0. The minimum absolute atomic E-state index is 0.0116. The molecular weight excluding hydrogens is 478 g/mol. The van der Waals surface area contributed by atoms with Crippen molar-refractivity contribution in [3.05, 3.63) is 86.7 Å². The third-order valence-electron chi connectivity index (χ3n) is 5.87. The first kappa shape index (κ1) is 22.4. The summed E-state index contributed by atoms with van der Waals surface area (Å²) < 4.78 is 28.4. The van der Waals surface area contributed by atoms with E-state index in [0.29, 0.717) is 29.7 Å². The fourth-order valence-electron chi connectivity index (χ4n) is 4.51. The molecule has 0 spiro atoms. The first-order valence-electron chi connectivity index (χ1n) is 10.3. The summed E-state index contributed by atoms with van der Waals surface area (Å²) in [6.07, 6.45) is 1.06. The summed E-state index contributed by atoms with van der Waals surface area (Å²) in [5.74, 6) is -2.74. The Bertz CT molecular complexity index is 1180. The van der Waals surface area contributed by atoms with Crippen molar-refractivity contribution in [2.45, 2.75) is 39.5 Å². The number of benzene rings is 2. The Morgan fingerprint density at radius 3 is 2.47 bits per heavy atom. The maximum absolute atomic E-state index is 14.2. The molecule has 1 atom stereocenters. The maximum Gasteiger partial charge on any atom is 0.254 e. The molecule has 2 aromatic carbocycles. The molecule has 2 aromatic rings. The summed E-state index contributed by atoms with van der Waals surface area (Å²) in [4.78, 5) is 26.6. The molecule has 4 rings (SSSR count). The first-order valence-corrected chi connectivity index (χ1v) is 11.1. The van der Waals surface area contributed by atoms with Gasteiger partial charge in [-0.3, -0.25) is 9.59 Å². The second-order valence-electron chi connectivity index (χ2n) is 9.06. The number of carbonyl (C=O) groups excluding carboxylic acids is 2. The molecule has 0 saturated carbocycles. The minimum Gasteiger partial charge on any atom is -0.362 e. The van der Waals surface area contributed by atoms with E-state index in [1.165, 1.54) is 6.07 Å². The number of halogens is 3. The normalized spacial score (nSPS) is 20.1. The van der Waals surface area contributed by atoms with Gasteiger partial charge in [-0.2, -0.15) is 0 Å². The molecule has 0 bridgehead atoms. The fraction of sp³-hybridized carbons (Fsp3) is 0.280. The fourth-order valence-corrected chi connectivity index (χ4v) is 4.77.